The number of pyridine rings is 1. The summed E-state index contributed by atoms with van der Waals surface area (Å²) in [5.74, 6) is 6.31. The van der Waals surface area contributed by atoms with Crippen LogP contribution in [0.25, 0.3) is 10.8 Å². The highest BCUT2D eigenvalue weighted by Crippen LogP contribution is 2.26. The molecule has 0 saturated carbocycles. The van der Waals surface area contributed by atoms with Gasteiger partial charge in [0.2, 0.25) is 0 Å². The number of methoxy groups -OCH3 is 2. The molecular formula is C18H22N4O2. The van der Waals surface area contributed by atoms with E-state index in [9.17, 15) is 0 Å². The number of nitrogens with zero attached hydrogens (tertiary/aromatic N) is 1. The van der Waals surface area contributed by atoms with Gasteiger partial charge in [0.1, 0.15) is 16.8 Å². The van der Waals surface area contributed by atoms with Gasteiger partial charge in [-0.1, -0.05) is 6.07 Å². The van der Waals surface area contributed by atoms with Gasteiger partial charge in [-0.15, -0.1) is 0 Å². The Kier molecular flexibility index (Phi) is 4.42. The lowest BCUT2D eigenvalue weighted by molar-refractivity contribution is 0.0166. The Bertz CT molecular complexity index is 869. The van der Waals surface area contributed by atoms with Gasteiger partial charge >= 0.3 is 0 Å². The van der Waals surface area contributed by atoms with Crippen LogP contribution in [0.4, 0.5) is 5.69 Å². The predicted molar refractivity (Wildman–Crippen MR) is 94.2 cm³/mol. The Morgan fingerprint density at radius 3 is 2.79 bits per heavy atom. The van der Waals surface area contributed by atoms with Crippen molar-refractivity contribution in [3.05, 3.63) is 59.9 Å². The lowest BCUT2D eigenvalue weighted by atomic mass is 9.94. The summed E-state index contributed by atoms with van der Waals surface area (Å²) >= 11 is 0. The molecule has 1 unspecified atom stereocenters. The van der Waals surface area contributed by atoms with Crippen LogP contribution in [-0.4, -0.2) is 24.4 Å². The lowest BCUT2D eigenvalue weighted by Crippen LogP contribution is -2.38. The van der Waals surface area contributed by atoms with E-state index in [1.54, 1.807) is 14.2 Å². The van der Waals surface area contributed by atoms with Gasteiger partial charge in [-0.2, -0.15) is 0 Å². The minimum Gasteiger partial charge on any atom is -0.497 e. The fourth-order valence-electron chi connectivity index (χ4n) is 2.94. The van der Waals surface area contributed by atoms with Gasteiger partial charge in [0.15, 0.2) is 0 Å². The Hall–Kier alpha value is -2.57. The molecule has 0 aliphatic heterocycles. The van der Waals surface area contributed by atoms with E-state index in [1.165, 1.54) is 0 Å². The van der Waals surface area contributed by atoms with Gasteiger partial charge in [0.25, 0.3) is 0 Å². The minimum atomic E-state index is -0.486. The number of allylic oxidation sites excluding steroid dienone is 1. The molecule has 6 heteroatoms. The number of hydrazine groups is 1. The second-order valence-corrected chi connectivity index (χ2v) is 5.86. The average Bonchev–Trinajstić information content (AvgIpc) is 2.64. The highest BCUT2D eigenvalue weighted by molar-refractivity contribution is 5.84. The van der Waals surface area contributed by atoms with Crippen molar-refractivity contribution >= 4 is 16.5 Å². The van der Waals surface area contributed by atoms with Crippen LogP contribution >= 0.6 is 0 Å². The summed E-state index contributed by atoms with van der Waals surface area (Å²) in [6, 6.07) is 7.73. The third-order valence-electron chi connectivity index (χ3n) is 4.48. The maximum absolute atomic E-state index is 8.54. The zero-order valence-electron chi connectivity index (χ0n) is 13.9. The van der Waals surface area contributed by atoms with E-state index < -0.39 is 5.60 Å². The summed E-state index contributed by atoms with van der Waals surface area (Å²) in [4.78, 5) is 0. The van der Waals surface area contributed by atoms with Gasteiger partial charge in [-0.25, -0.2) is 0 Å². The molecule has 0 saturated heterocycles. The highest BCUT2D eigenvalue weighted by Gasteiger charge is 2.29. The number of ether oxygens (including phenoxy) is 2. The molecule has 1 heterocycles. The van der Waals surface area contributed by atoms with Crippen molar-refractivity contribution in [2.75, 3.05) is 19.6 Å². The Morgan fingerprint density at radius 1 is 1.33 bits per heavy atom. The molecule has 0 radical (unpaired) electrons. The molecule has 1 aliphatic rings. The van der Waals surface area contributed by atoms with Crippen LogP contribution in [0.15, 0.2) is 54.4 Å². The van der Waals surface area contributed by atoms with Crippen molar-refractivity contribution < 1.29 is 9.47 Å². The Labute approximate surface area is 140 Å². The number of benzene rings is 1. The molecule has 4 N–H and O–H groups in total. The molecule has 24 heavy (non-hydrogen) atoms. The monoisotopic (exact) mass is 326 g/mol. The van der Waals surface area contributed by atoms with Crippen LogP contribution in [0.5, 0.6) is 0 Å². The second-order valence-electron chi connectivity index (χ2n) is 5.86. The maximum Gasteiger partial charge on any atom is 0.132 e. The van der Waals surface area contributed by atoms with E-state index >= 15 is 0 Å². The second kappa shape index (κ2) is 6.51. The zero-order chi connectivity index (χ0) is 17.2. The zero-order valence-corrected chi connectivity index (χ0v) is 13.9. The number of nitrogens with two attached hydrogens (primary N) is 1. The molecule has 1 aromatic carbocycles. The van der Waals surface area contributed by atoms with E-state index in [0.717, 1.165) is 22.2 Å². The number of nitrogen functional groups attached to an aromatic ring is 1. The number of nitrogens with one attached hydrogen (secondary N) is 2. The lowest BCUT2D eigenvalue weighted by Gasteiger charge is -2.31. The summed E-state index contributed by atoms with van der Waals surface area (Å²) in [7, 11) is 3.34. The molecule has 0 bridgehead atoms. The van der Waals surface area contributed by atoms with Crippen molar-refractivity contribution in [2.45, 2.75) is 18.6 Å². The molecule has 6 nitrogen and oxygen atoms in total. The predicted octanol–water partition coefficient (Wildman–Crippen LogP) is 2.28. The fraction of sp³-hybridized carbons (Fsp3) is 0.278. The first-order valence-electron chi connectivity index (χ1n) is 7.74. The Balaban J connectivity index is 1.98. The summed E-state index contributed by atoms with van der Waals surface area (Å²) in [5.41, 5.74) is 3.35. The van der Waals surface area contributed by atoms with Gasteiger partial charge in [-0.3, -0.25) is 11.3 Å². The topological polar surface area (TPSA) is 85.3 Å². The van der Waals surface area contributed by atoms with Crippen LogP contribution in [0.2, 0.25) is 0 Å². The third kappa shape index (κ3) is 2.93. The molecule has 2 aromatic rings. The van der Waals surface area contributed by atoms with Gasteiger partial charge in [0, 0.05) is 30.8 Å². The van der Waals surface area contributed by atoms with Crippen molar-refractivity contribution in [2.24, 2.45) is 5.84 Å². The van der Waals surface area contributed by atoms with Crippen molar-refractivity contribution in [1.82, 2.24) is 4.57 Å². The van der Waals surface area contributed by atoms with Crippen LogP contribution in [0.1, 0.15) is 6.42 Å². The fourth-order valence-corrected chi connectivity index (χ4v) is 2.94. The van der Waals surface area contributed by atoms with Crippen molar-refractivity contribution in [3.63, 3.8) is 0 Å². The standard InChI is InChI=1S/C18H22N4O2/c1-23-15-5-8-18(24-2,9-6-15)12-22-10-7-13-3-4-14(21-20)11-16(13)17(22)19/h3-8,10-11,19,21H,9,12,20H2,1-2H3. The first-order valence-corrected chi connectivity index (χ1v) is 7.74. The van der Waals surface area contributed by atoms with Gasteiger partial charge in [-0.05, 0) is 41.8 Å². The van der Waals surface area contributed by atoms with Gasteiger partial charge < -0.3 is 19.5 Å². The van der Waals surface area contributed by atoms with E-state index in [0.29, 0.717) is 18.5 Å². The summed E-state index contributed by atoms with van der Waals surface area (Å²) in [6.07, 6.45) is 8.53. The molecule has 1 atom stereocenters. The molecule has 0 spiro atoms. The summed E-state index contributed by atoms with van der Waals surface area (Å²) in [5, 5.41) is 10.4. The molecule has 126 valence electrons. The summed E-state index contributed by atoms with van der Waals surface area (Å²) < 4.78 is 12.9. The molecule has 1 aromatic heterocycles. The summed E-state index contributed by atoms with van der Waals surface area (Å²) in [6.45, 7) is 0.544. The number of fused-ring (bicyclic) bond motifs is 1. The average molecular weight is 326 g/mol. The third-order valence-corrected chi connectivity index (χ3v) is 4.48. The van der Waals surface area contributed by atoms with E-state index in [2.05, 4.69) is 5.43 Å². The van der Waals surface area contributed by atoms with E-state index in [1.807, 2.05) is 53.3 Å². The maximum atomic E-state index is 8.54. The normalized spacial score (nSPS) is 20.0. The van der Waals surface area contributed by atoms with Crippen LogP contribution in [0, 0.1) is 5.41 Å². The molecule has 1 aliphatic carbocycles. The number of hydrogen-bond donors (Lipinski definition) is 3. The van der Waals surface area contributed by atoms with Crippen LogP contribution in [0.3, 0.4) is 0 Å². The largest absolute Gasteiger partial charge is 0.497 e. The minimum absolute atomic E-state index is 0.427. The number of rotatable bonds is 5. The number of anilines is 1. The molecular weight excluding hydrogens is 304 g/mol. The van der Waals surface area contributed by atoms with E-state index in [4.69, 9.17) is 20.7 Å². The molecule has 0 amide bonds. The highest BCUT2D eigenvalue weighted by atomic mass is 16.5. The van der Waals surface area contributed by atoms with Gasteiger partial charge in [0.05, 0.1) is 13.7 Å². The SMILES string of the molecule is COC1=CCC(Cn2ccc3ccc(NN)cc3c2=N)(OC)C=C1. The van der Waals surface area contributed by atoms with Crippen molar-refractivity contribution in [3.8, 4) is 0 Å². The molecule has 3 rings (SSSR count). The molecule has 0 fully saturated rings. The van der Waals surface area contributed by atoms with Crippen LogP contribution in [-0.2, 0) is 16.0 Å². The number of aromatic nitrogens is 1. The first-order chi connectivity index (χ1) is 11.6. The smallest absolute Gasteiger partial charge is 0.132 e. The number of hydrogen-bond acceptors (Lipinski definition) is 5. The quantitative estimate of drug-likeness (QED) is 0.581. The van der Waals surface area contributed by atoms with E-state index in [-0.39, 0.29) is 0 Å². The van der Waals surface area contributed by atoms with Crippen molar-refractivity contribution in [1.29, 1.82) is 5.41 Å². The Morgan fingerprint density at radius 2 is 2.17 bits per heavy atom. The first kappa shape index (κ1) is 16.3. The van der Waals surface area contributed by atoms with Crippen LogP contribution < -0.4 is 16.8 Å².